The summed E-state index contributed by atoms with van der Waals surface area (Å²) in [6.45, 7) is 1.95. The molecule has 0 aliphatic heterocycles. The molecule has 1 aromatic heterocycles. The SMILES string of the molecule is COc1ccc(OC)c(NC(=O)c2cncc(Nc3ccc(Cl)cc3C)c2)c1. The average molecular weight is 398 g/mol. The van der Waals surface area contributed by atoms with Crippen LogP contribution in [0.1, 0.15) is 15.9 Å². The smallest absolute Gasteiger partial charge is 0.257 e. The van der Waals surface area contributed by atoms with Gasteiger partial charge < -0.3 is 20.1 Å². The van der Waals surface area contributed by atoms with Crippen molar-refractivity contribution in [1.29, 1.82) is 0 Å². The third kappa shape index (κ3) is 4.53. The standard InChI is InChI=1S/C21H20ClN3O3/c1-13-8-15(22)4-6-18(13)24-16-9-14(11-23-12-16)21(26)25-19-10-17(27-2)5-7-20(19)28-3/h4-12,24H,1-3H3,(H,25,26). The summed E-state index contributed by atoms with van der Waals surface area (Å²) in [5.41, 5.74) is 3.48. The Morgan fingerprint density at radius 3 is 2.54 bits per heavy atom. The number of nitrogens with zero attached hydrogens (tertiary/aromatic N) is 1. The van der Waals surface area contributed by atoms with Gasteiger partial charge >= 0.3 is 0 Å². The van der Waals surface area contributed by atoms with Crippen molar-refractivity contribution in [3.63, 3.8) is 0 Å². The summed E-state index contributed by atoms with van der Waals surface area (Å²) in [7, 11) is 3.10. The number of carbonyl (C=O) groups is 1. The van der Waals surface area contributed by atoms with E-state index in [0.717, 1.165) is 11.3 Å². The van der Waals surface area contributed by atoms with Gasteiger partial charge in [-0.05, 0) is 48.9 Å². The zero-order valence-electron chi connectivity index (χ0n) is 15.7. The van der Waals surface area contributed by atoms with Crippen LogP contribution in [0.2, 0.25) is 5.02 Å². The van der Waals surface area contributed by atoms with Crippen LogP contribution < -0.4 is 20.1 Å². The predicted molar refractivity (Wildman–Crippen MR) is 111 cm³/mol. The molecule has 144 valence electrons. The number of rotatable bonds is 6. The summed E-state index contributed by atoms with van der Waals surface area (Å²) in [5.74, 6) is 0.839. The van der Waals surface area contributed by atoms with Gasteiger partial charge in [0.1, 0.15) is 11.5 Å². The van der Waals surface area contributed by atoms with Crippen LogP contribution in [-0.2, 0) is 0 Å². The molecule has 6 nitrogen and oxygen atoms in total. The molecule has 0 saturated carbocycles. The van der Waals surface area contributed by atoms with Crippen LogP contribution in [0.15, 0.2) is 54.9 Å². The highest BCUT2D eigenvalue weighted by molar-refractivity contribution is 6.30. The lowest BCUT2D eigenvalue weighted by Gasteiger charge is -2.13. The first-order valence-electron chi connectivity index (χ1n) is 8.52. The first kappa shape index (κ1) is 19.5. The van der Waals surface area contributed by atoms with Crippen LogP contribution in [0.3, 0.4) is 0 Å². The molecule has 0 radical (unpaired) electrons. The first-order chi connectivity index (χ1) is 13.5. The fourth-order valence-electron chi connectivity index (χ4n) is 2.66. The van der Waals surface area contributed by atoms with Crippen LogP contribution in [0.25, 0.3) is 0 Å². The van der Waals surface area contributed by atoms with Gasteiger partial charge in [-0.15, -0.1) is 0 Å². The molecular formula is C21H20ClN3O3. The second-order valence-electron chi connectivity index (χ2n) is 6.07. The second kappa shape index (κ2) is 8.63. The third-order valence-electron chi connectivity index (χ3n) is 4.12. The highest BCUT2D eigenvalue weighted by Gasteiger charge is 2.12. The first-order valence-corrected chi connectivity index (χ1v) is 8.89. The molecule has 3 rings (SSSR count). The molecule has 0 saturated heterocycles. The minimum atomic E-state index is -0.310. The van der Waals surface area contributed by atoms with Crippen molar-refractivity contribution >= 4 is 34.6 Å². The van der Waals surface area contributed by atoms with Gasteiger partial charge in [-0.25, -0.2) is 0 Å². The Morgan fingerprint density at radius 2 is 1.82 bits per heavy atom. The Kier molecular flexibility index (Phi) is 6.01. The van der Waals surface area contributed by atoms with Gasteiger partial charge in [-0.3, -0.25) is 9.78 Å². The fourth-order valence-corrected chi connectivity index (χ4v) is 2.89. The monoisotopic (exact) mass is 397 g/mol. The van der Waals surface area contributed by atoms with Crippen molar-refractivity contribution in [2.24, 2.45) is 0 Å². The van der Waals surface area contributed by atoms with Gasteiger partial charge in [0, 0.05) is 23.0 Å². The molecule has 0 bridgehead atoms. The summed E-state index contributed by atoms with van der Waals surface area (Å²) < 4.78 is 10.5. The number of nitrogens with one attached hydrogen (secondary N) is 2. The van der Waals surface area contributed by atoms with Gasteiger partial charge in [-0.1, -0.05) is 11.6 Å². The number of pyridine rings is 1. The molecule has 3 aromatic rings. The Balaban J connectivity index is 1.81. The zero-order valence-corrected chi connectivity index (χ0v) is 16.5. The van der Waals surface area contributed by atoms with E-state index in [1.54, 1.807) is 43.6 Å². The Morgan fingerprint density at radius 1 is 1.00 bits per heavy atom. The molecule has 0 atom stereocenters. The molecule has 0 fully saturated rings. The maximum atomic E-state index is 12.7. The summed E-state index contributed by atoms with van der Waals surface area (Å²) in [6.07, 6.45) is 3.15. The normalized spacial score (nSPS) is 10.3. The lowest BCUT2D eigenvalue weighted by molar-refractivity contribution is 0.102. The van der Waals surface area contributed by atoms with Crippen LogP contribution in [0, 0.1) is 6.92 Å². The molecule has 2 aromatic carbocycles. The number of hydrogen-bond acceptors (Lipinski definition) is 5. The Bertz CT molecular complexity index is 1010. The highest BCUT2D eigenvalue weighted by Crippen LogP contribution is 2.29. The molecule has 2 N–H and O–H groups in total. The fraction of sp³-hybridized carbons (Fsp3) is 0.143. The Hall–Kier alpha value is -3.25. The lowest BCUT2D eigenvalue weighted by Crippen LogP contribution is -2.13. The van der Waals surface area contributed by atoms with Crippen molar-refractivity contribution in [3.8, 4) is 11.5 Å². The van der Waals surface area contributed by atoms with Gasteiger partial charge in [0.2, 0.25) is 0 Å². The van der Waals surface area contributed by atoms with E-state index in [-0.39, 0.29) is 5.91 Å². The number of aromatic nitrogens is 1. The molecule has 0 spiro atoms. The van der Waals surface area contributed by atoms with Crippen molar-refractivity contribution in [2.75, 3.05) is 24.9 Å². The molecule has 7 heteroatoms. The predicted octanol–water partition coefficient (Wildman–Crippen LogP) is 5.06. The van der Waals surface area contributed by atoms with Gasteiger partial charge in [0.25, 0.3) is 5.91 Å². The molecule has 0 unspecified atom stereocenters. The van der Waals surface area contributed by atoms with E-state index < -0.39 is 0 Å². The minimum absolute atomic E-state index is 0.310. The quantitative estimate of drug-likeness (QED) is 0.608. The van der Waals surface area contributed by atoms with Crippen molar-refractivity contribution in [3.05, 3.63) is 71.0 Å². The maximum Gasteiger partial charge on any atom is 0.257 e. The van der Waals surface area contributed by atoms with Crippen molar-refractivity contribution in [2.45, 2.75) is 6.92 Å². The van der Waals surface area contributed by atoms with E-state index in [2.05, 4.69) is 15.6 Å². The number of aryl methyl sites for hydroxylation is 1. The van der Waals surface area contributed by atoms with Crippen LogP contribution >= 0.6 is 11.6 Å². The van der Waals surface area contributed by atoms with E-state index in [4.69, 9.17) is 21.1 Å². The number of hydrogen-bond donors (Lipinski definition) is 2. The molecule has 1 heterocycles. The number of carbonyl (C=O) groups excluding carboxylic acids is 1. The van der Waals surface area contributed by atoms with E-state index in [9.17, 15) is 4.79 Å². The molecule has 1 amide bonds. The van der Waals surface area contributed by atoms with E-state index >= 15 is 0 Å². The van der Waals surface area contributed by atoms with Gasteiger partial charge in [-0.2, -0.15) is 0 Å². The summed E-state index contributed by atoms with van der Waals surface area (Å²) in [4.78, 5) is 16.9. The number of halogens is 1. The van der Waals surface area contributed by atoms with Gasteiger partial charge in [0.05, 0.1) is 37.4 Å². The zero-order chi connectivity index (χ0) is 20.1. The minimum Gasteiger partial charge on any atom is -0.497 e. The molecule has 0 aliphatic carbocycles. The average Bonchev–Trinajstić information content (AvgIpc) is 2.70. The number of methoxy groups -OCH3 is 2. The molecule has 28 heavy (non-hydrogen) atoms. The van der Waals surface area contributed by atoms with Crippen LogP contribution in [0.5, 0.6) is 11.5 Å². The van der Waals surface area contributed by atoms with E-state index in [0.29, 0.717) is 33.5 Å². The van der Waals surface area contributed by atoms with Gasteiger partial charge in [0.15, 0.2) is 0 Å². The number of anilines is 3. The largest absolute Gasteiger partial charge is 0.497 e. The van der Waals surface area contributed by atoms with E-state index in [1.807, 2.05) is 19.1 Å². The summed E-state index contributed by atoms with van der Waals surface area (Å²) in [5, 5.41) is 6.75. The maximum absolute atomic E-state index is 12.7. The summed E-state index contributed by atoms with van der Waals surface area (Å²) >= 11 is 6.00. The molecule has 0 aliphatic rings. The lowest BCUT2D eigenvalue weighted by atomic mass is 10.2. The third-order valence-corrected chi connectivity index (χ3v) is 4.36. The van der Waals surface area contributed by atoms with E-state index in [1.165, 1.54) is 13.3 Å². The number of ether oxygens (including phenoxy) is 2. The van der Waals surface area contributed by atoms with Crippen LogP contribution in [-0.4, -0.2) is 25.1 Å². The summed E-state index contributed by atoms with van der Waals surface area (Å²) in [6, 6.07) is 12.5. The topological polar surface area (TPSA) is 72.5 Å². The number of amides is 1. The Labute approximate surface area is 168 Å². The van der Waals surface area contributed by atoms with Crippen molar-refractivity contribution < 1.29 is 14.3 Å². The number of benzene rings is 2. The van der Waals surface area contributed by atoms with Crippen LogP contribution in [0.4, 0.5) is 17.1 Å². The second-order valence-corrected chi connectivity index (χ2v) is 6.50. The molecular weight excluding hydrogens is 378 g/mol. The highest BCUT2D eigenvalue weighted by atomic mass is 35.5. The van der Waals surface area contributed by atoms with Crippen molar-refractivity contribution in [1.82, 2.24) is 4.98 Å².